The van der Waals surface area contributed by atoms with Crippen LogP contribution in [0.4, 0.5) is 0 Å². The fraction of sp³-hybridized carbons (Fsp3) is 1.00. The van der Waals surface area contributed by atoms with E-state index in [1.54, 1.807) is 6.92 Å². The largest absolute Gasteiger partial charge is 0.501 e. The molecule has 0 aromatic carbocycles. The van der Waals surface area contributed by atoms with Crippen molar-refractivity contribution in [3.05, 3.63) is 0 Å². The summed E-state index contributed by atoms with van der Waals surface area (Å²) in [5.41, 5.74) is -0.357. The molecule has 0 fully saturated rings. The maximum atomic E-state index is 5.76. The van der Waals surface area contributed by atoms with Gasteiger partial charge in [-0.05, 0) is 20.8 Å². The molecule has 13 heavy (non-hydrogen) atoms. The van der Waals surface area contributed by atoms with E-state index in [9.17, 15) is 0 Å². The molecule has 0 saturated carbocycles. The predicted octanol–water partition coefficient (Wildman–Crippen LogP) is 2.62. The molecular weight excluding hydrogens is 208 g/mol. The van der Waals surface area contributed by atoms with Gasteiger partial charge in [-0.3, -0.25) is 0 Å². The van der Waals surface area contributed by atoms with Crippen molar-refractivity contribution < 1.29 is 13.3 Å². The smallest absolute Gasteiger partial charge is 0.374 e. The van der Waals surface area contributed by atoms with E-state index in [4.69, 9.17) is 24.9 Å². The van der Waals surface area contributed by atoms with Gasteiger partial charge in [0.2, 0.25) is 0 Å². The van der Waals surface area contributed by atoms with E-state index in [-0.39, 0.29) is 5.56 Å². The zero-order valence-corrected chi connectivity index (χ0v) is 10.6. The van der Waals surface area contributed by atoms with Crippen LogP contribution in [0, 0.1) is 0 Å². The highest BCUT2D eigenvalue weighted by Crippen LogP contribution is 2.18. The summed E-state index contributed by atoms with van der Waals surface area (Å²) < 4.78 is 16.6. The summed E-state index contributed by atoms with van der Waals surface area (Å²) >= 11 is 5.76. The van der Waals surface area contributed by atoms with Crippen molar-refractivity contribution in [3.8, 4) is 0 Å². The molecule has 0 aromatic heterocycles. The minimum Gasteiger partial charge on any atom is -0.374 e. The molecule has 0 radical (unpaired) electrons. The third-order valence-electron chi connectivity index (χ3n) is 1.50. The molecular formula is C8H19ClO3Si. The van der Waals surface area contributed by atoms with Gasteiger partial charge in [-0.1, -0.05) is 18.5 Å². The molecule has 0 aromatic rings. The first-order chi connectivity index (χ1) is 6.10. The van der Waals surface area contributed by atoms with Crippen molar-refractivity contribution >= 4 is 20.4 Å². The van der Waals surface area contributed by atoms with Gasteiger partial charge in [0, 0.05) is 19.3 Å². The maximum Gasteiger partial charge on any atom is 0.501 e. The van der Waals surface area contributed by atoms with Crippen molar-refractivity contribution in [2.24, 2.45) is 0 Å². The molecule has 80 valence electrons. The third kappa shape index (κ3) is 4.98. The van der Waals surface area contributed by atoms with Crippen LogP contribution in [0.5, 0.6) is 0 Å². The third-order valence-corrected chi connectivity index (χ3v) is 4.78. The van der Waals surface area contributed by atoms with Crippen molar-refractivity contribution in [1.29, 1.82) is 0 Å². The fourth-order valence-electron chi connectivity index (χ4n) is 1.08. The molecule has 0 heterocycles. The summed E-state index contributed by atoms with van der Waals surface area (Å²) in [6.07, 6.45) is 0. The lowest BCUT2D eigenvalue weighted by atomic mass is 10.9. The normalized spacial score (nSPS) is 14.5. The Kier molecular flexibility index (Phi) is 6.99. The average molecular weight is 227 g/mol. The first-order valence-electron chi connectivity index (χ1n) is 4.70. The molecule has 0 bridgehead atoms. The van der Waals surface area contributed by atoms with Gasteiger partial charge in [0.05, 0.1) is 0 Å². The molecule has 0 rings (SSSR count). The van der Waals surface area contributed by atoms with Crippen LogP contribution in [0.3, 0.4) is 0 Å². The summed E-state index contributed by atoms with van der Waals surface area (Å²) in [6, 6.07) is 0.756. The molecule has 0 spiro atoms. The highest BCUT2D eigenvalue weighted by Gasteiger charge is 2.39. The summed E-state index contributed by atoms with van der Waals surface area (Å²) in [5.74, 6) is 0. The van der Waals surface area contributed by atoms with Gasteiger partial charge in [0.15, 0.2) is 0 Å². The summed E-state index contributed by atoms with van der Waals surface area (Å²) in [7, 11) is -2.46. The highest BCUT2D eigenvalue weighted by atomic mass is 35.5. The van der Waals surface area contributed by atoms with Crippen LogP contribution in [0.2, 0.25) is 6.04 Å². The summed E-state index contributed by atoms with van der Waals surface area (Å²) in [6.45, 7) is 8.83. The topological polar surface area (TPSA) is 27.7 Å². The second kappa shape index (κ2) is 6.78. The molecule has 5 heteroatoms. The predicted molar refractivity (Wildman–Crippen MR) is 55.9 cm³/mol. The van der Waals surface area contributed by atoms with Crippen LogP contribution in [0.25, 0.3) is 0 Å². The zero-order chi connectivity index (χ0) is 10.3. The fourth-order valence-corrected chi connectivity index (χ4v) is 3.66. The minimum atomic E-state index is -2.46. The van der Waals surface area contributed by atoms with Crippen LogP contribution in [-0.4, -0.2) is 27.6 Å². The quantitative estimate of drug-likeness (QED) is 0.494. The Morgan fingerprint density at radius 3 is 1.85 bits per heavy atom. The van der Waals surface area contributed by atoms with Gasteiger partial charge < -0.3 is 13.3 Å². The van der Waals surface area contributed by atoms with E-state index in [1.165, 1.54) is 0 Å². The lowest BCUT2D eigenvalue weighted by Gasteiger charge is -2.28. The standard InChI is InChI=1S/C8H19ClO3Si/c1-5-10-13(7-3,11-6-2)12-8(4)9/h8H,5-7H2,1-4H3. The lowest BCUT2D eigenvalue weighted by Crippen LogP contribution is -2.46. The van der Waals surface area contributed by atoms with Gasteiger partial charge in [-0.25, -0.2) is 0 Å². The maximum absolute atomic E-state index is 5.76. The zero-order valence-electron chi connectivity index (χ0n) is 8.80. The van der Waals surface area contributed by atoms with Gasteiger partial charge in [0.1, 0.15) is 5.56 Å². The first kappa shape index (κ1) is 13.4. The summed E-state index contributed by atoms with van der Waals surface area (Å²) in [5, 5.41) is 0. The minimum absolute atomic E-state index is 0.357. The lowest BCUT2D eigenvalue weighted by molar-refractivity contribution is 0.0621. The Labute approximate surface area is 86.7 Å². The second-order valence-corrected chi connectivity index (χ2v) is 6.06. The Morgan fingerprint density at radius 2 is 1.62 bits per heavy atom. The summed E-state index contributed by atoms with van der Waals surface area (Å²) in [4.78, 5) is 0. The molecule has 3 nitrogen and oxygen atoms in total. The molecule has 0 aliphatic rings. The van der Waals surface area contributed by atoms with Crippen molar-refractivity contribution in [3.63, 3.8) is 0 Å². The second-order valence-electron chi connectivity index (χ2n) is 2.56. The highest BCUT2D eigenvalue weighted by molar-refractivity contribution is 6.61. The van der Waals surface area contributed by atoms with E-state index in [1.807, 2.05) is 20.8 Å². The number of hydrogen-bond acceptors (Lipinski definition) is 3. The van der Waals surface area contributed by atoms with Crippen molar-refractivity contribution in [2.75, 3.05) is 13.2 Å². The molecule has 1 atom stereocenters. The number of halogens is 1. The Hall–Kier alpha value is 0.387. The molecule has 1 unspecified atom stereocenters. The van der Waals surface area contributed by atoms with Crippen LogP contribution >= 0.6 is 11.6 Å². The SMILES string of the molecule is CCO[Si](CC)(OCC)OC(C)Cl. The van der Waals surface area contributed by atoms with Crippen LogP contribution in [0.15, 0.2) is 0 Å². The van der Waals surface area contributed by atoms with E-state index in [2.05, 4.69) is 0 Å². The molecule has 0 N–H and O–H groups in total. The molecule has 0 aliphatic carbocycles. The van der Waals surface area contributed by atoms with Crippen molar-refractivity contribution in [2.45, 2.75) is 39.3 Å². The Bertz CT molecular complexity index is 127. The first-order valence-corrected chi connectivity index (χ1v) is 7.06. The number of alkyl halides is 1. The van der Waals surface area contributed by atoms with Crippen LogP contribution in [-0.2, 0) is 13.3 Å². The Balaban J connectivity index is 4.24. The van der Waals surface area contributed by atoms with E-state index < -0.39 is 8.80 Å². The molecule has 0 aliphatic heterocycles. The van der Waals surface area contributed by atoms with Crippen LogP contribution in [0.1, 0.15) is 27.7 Å². The Morgan fingerprint density at radius 1 is 1.15 bits per heavy atom. The van der Waals surface area contributed by atoms with Gasteiger partial charge in [-0.2, -0.15) is 0 Å². The number of hydrogen-bond donors (Lipinski definition) is 0. The number of rotatable bonds is 7. The van der Waals surface area contributed by atoms with Gasteiger partial charge >= 0.3 is 8.80 Å². The monoisotopic (exact) mass is 226 g/mol. The van der Waals surface area contributed by atoms with Crippen molar-refractivity contribution in [1.82, 2.24) is 0 Å². The van der Waals surface area contributed by atoms with Crippen LogP contribution < -0.4 is 0 Å². The van der Waals surface area contributed by atoms with Gasteiger partial charge in [0.25, 0.3) is 0 Å². The molecule has 0 amide bonds. The van der Waals surface area contributed by atoms with Gasteiger partial charge in [-0.15, -0.1) is 0 Å². The molecule has 0 saturated heterocycles. The average Bonchev–Trinajstić information content (AvgIpc) is 2.04. The van der Waals surface area contributed by atoms with E-state index >= 15 is 0 Å². The van der Waals surface area contributed by atoms with E-state index in [0.717, 1.165) is 6.04 Å². The van der Waals surface area contributed by atoms with E-state index in [0.29, 0.717) is 13.2 Å².